The highest BCUT2D eigenvalue weighted by Crippen LogP contribution is 2.28. The molecular weight excluding hydrogens is 186 g/mol. The Labute approximate surface area is 83.3 Å². The molecule has 0 aromatic heterocycles. The predicted molar refractivity (Wildman–Crippen MR) is 55.1 cm³/mol. The summed E-state index contributed by atoms with van der Waals surface area (Å²) in [6.45, 7) is 4.96. The highest BCUT2D eigenvalue weighted by atomic mass is 32.2. The summed E-state index contributed by atoms with van der Waals surface area (Å²) in [6, 6.07) is 0. The second-order valence-electron chi connectivity index (χ2n) is 3.96. The summed E-state index contributed by atoms with van der Waals surface area (Å²) in [7, 11) is 0. The zero-order valence-electron chi connectivity index (χ0n) is 8.17. The standard InChI is InChI=1S/C9H17NO2S/c1-7(2)5-10-9(8(11)12)3-4-13-6-9/h7,10H,3-6H2,1-2H3,(H,11,12). The molecule has 0 radical (unpaired) electrons. The SMILES string of the molecule is CC(C)CNC1(C(=O)O)CCSC1. The number of thioether (sulfide) groups is 1. The van der Waals surface area contributed by atoms with Crippen molar-refractivity contribution in [3.05, 3.63) is 0 Å². The van der Waals surface area contributed by atoms with E-state index in [9.17, 15) is 4.79 Å². The minimum Gasteiger partial charge on any atom is -0.480 e. The Morgan fingerprint density at radius 3 is 2.77 bits per heavy atom. The lowest BCUT2D eigenvalue weighted by Gasteiger charge is -2.25. The topological polar surface area (TPSA) is 49.3 Å². The molecule has 4 heteroatoms. The third-order valence-electron chi connectivity index (χ3n) is 2.28. The molecule has 1 aliphatic rings. The summed E-state index contributed by atoms with van der Waals surface area (Å²) in [5.74, 6) is 1.46. The number of rotatable bonds is 4. The molecule has 1 heterocycles. The summed E-state index contributed by atoms with van der Waals surface area (Å²) in [5.41, 5.74) is -0.644. The highest BCUT2D eigenvalue weighted by molar-refractivity contribution is 7.99. The molecule has 1 rings (SSSR count). The van der Waals surface area contributed by atoms with Gasteiger partial charge in [0.25, 0.3) is 0 Å². The van der Waals surface area contributed by atoms with Gasteiger partial charge >= 0.3 is 5.97 Å². The average Bonchev–Trinajstić information content (AvgIpc) is 2.50. The van der Waals surface area contributed by atoms with Gasteiger partial charge in [0.1, 0.15) is 5.54 Å². The van der Waals surface area contributed by atoms with E-state index < -0.39 is 11.5 Å². The van der Waals surface area contributed by atoms with Crippen LogP contribution in [0.1, 0.15) is 20.3 Å². The van der Waals surface area contributed by atoms with Crippen LogP contribution >= 0.6 is 11.8 Å². The van der Waals surface area contributed by atoms with E-state index in [1.807, 2.05) is 0 Å². The fourth-order valence-corrected chi connectivity index (χ4v) is 2.70. The van der Waals surface area contributed by atoms with E-state index in [1.54, 1.807) is 11.8 Å². The lowest BCUT2D eigenvalue weighted by molar-refractivity contribution is -0.143. The summed E-state index contributed by atoms with van der Waals surface area (Å²) in [5, 5.41) is 12.3. The molecule has 1 saturated heterocycles. The first-order chi connectivity index (χ1) is 6.07. The van der Waals surface area contributed by atoms with Gasteiger partial charge in [0.15, 0.2) is 0 Å². The summed E-state index contributed by atoms with van der Waals surface area (Å²) >= 11 is 1.72. The molecule has 0 aromatic carbocycles. The predicted octanol–water partition coefficient (Wildman–Crippen LogP) is 1.19. The van der Waals surface area contributed by atoms with E-state index in [4.69, 9.17) is 5.11 Å². The number of nitrogens with one attached hydrogen (secondary N) is 1. The van der Waals surface area contributed by atoms with Gasteiger partial charge in [-0.2, -0.15) is 11.8 Å². The number of carboxylic acids is 1. The molecule has 2 N–H and O–H groups in total. The second kappa shape index (κ2) is 4.33. The lowest BCUT2D eigenvalue weighted by Crippen LogP contribution is -2.53. The van der Waals surface area contributed by atoms with Crippen molar-refractivity contribution in [1.29, 1.82) is 0 Å². The van der Waals surface area contributed by atoms with Crippen LogP contribution in [0.15, 0.2) is 0 Å². The minimum atomic E-state index is -0.696. The van der Waals surface area contributed by atoms with E-state index in [2.05, 4.69) is 19.2 Å². The van der Waals surface area contributed by atoms with Crippen LogP contribution < -0.4 is 5.32 Å². The monoisotopic (exact) mass is 203 g/mol. The molecule has 1 atom stereocenters. The number of hydrogen-bond donors (Lipinski definition) is 2. The first-order valence-corrected chi connectivity index (χ1v) is 5.78. The third kappa shape index (κ3) is 2.61. The number of carboxylic acid groups (broad SMARTS) is 1. The molecule has 0 aliphatic carbocycles. The quantitative estimate of drug-likeness (QED) is 0.720. The van der Waals surface area contributed by atoms with Crippen LogP contribution in [0, 0.1) is 5.92 Å². The molecule has 0 spiro atoms. The Kier molecular flexibility index (Phi) is 3.62. The van der Waals surface area contributed by atoms with Crippen LogP contribution in [0.2, 0.25) is 0 Å². The van der Waals surface area contributed by atoms with E-state index in [1.165, 1.54) is 0 Å². The Bertz CT molecular complexity index is 188. The first-order valence-electron chi connectivity index (χ1n) is 4.63. The van der Waals surface area contributed by atoms with E-state index in [-0.39, 0.29) is 0 Å². The van der Waals surface area contributed by atoms with Crippen molar-refractivity contribution in [2.24, 2.45) is 5.92 Å². The van der Waals surface area contributed by atoms with Crippen LogP contribution in [0.4, 0.5) is 0 Å². The van der Waals surface area contributed by atoms with Gasteiger partial charge in [0.05, 0.1) is 0 Å². The number of aliphatic carboxylic acids is 1. The normalized spacial score (nSPS) is 28.2. The van der Waals surface area contributed by atoms with Gasteiger partial charge in [0.2, 0.25) is 0 Å². The molecule has 1 fully saturated rings. The van der Waals surface area contributed by atoms with Gasteiger partial charge in [-0.05, 0) is 24.6 Å². The minimum absolute atomic E-state index is 0.502. The molecule has 3 nitrogen and oxygen atoms in total. The smallest absolute Gasteiger partial charge is 0.324 e. The van der Waals surface area contributed by atoms with Crippen molar-refractivity contribution >= 4 is 17.7 Å². The summed E-state index contributed by atoms with van der Waals surface area (Å²) < 4.78 is 0. The lowest BCUT2D eigenvalue weighted by atomic mass is 9.98. The molecular formula is C9H17NO2S. The fourth-order valence-electron chi connectivity index (χ4n) is 1.35. The molecule has 0 bridgehead atoms. The average molecular weight is 203 g/mol. The molecule has 0 saturated carbocycles. The Morgan fingerprint density at radius 1 is 1.69 bits per heavy atom. The van der Waals surface area contributed by atoms with Crippen molar-refractivity contribution < 1.29 is 9.90 Å². The van der Waals surface area contributed by atoms with Crippen molar-refractivity contribution in [2.45, 2.75) is 25.8 Å². The summed E-state index contributed by atoms with van der Waals surface area (Å²) in [4.78, 5) is 11.1. The maximum Gasteiger partial charge on any atom is 0.324 e. The van der Waals surface area contributed by atoms with Crippen LogP contribution in [0.5, 0.6) is 0 Å². The second-order valence-corrected chi connectivity index (χ2v) is 5.07. The van der Waals surface area contributed by atoms with Gasteiger partial charge in [0, 0.05) is 5.75 Å². The van der Waals surface area contributed by atoms with Gasteiger partial charge in [-0.3, -0.25) is 4.79 Å². The van der Waals surface area contributed by atoms with Crippen molar-refractivity contribution in [1.82, 2.24) is 5.32 Å². The zero-order valence-corrected chi connectivity index (χ0v) is 8.99. The van der Waals surface area contributed by atoms with Gasteiger partial charge in [-0.15, -0.1) is 0 Å². The van der Waals surface area contributed by atoms with Crippen molar-refractivity contribution in [3.63, 3.8) is 0 Å². The van der Waals surface area contributed by atoms with Crippen molar-refractivity contribution in [3.8, 4) is 0 Å². The van der Waals surface area contributed by atoms with Gasteiger partial charge < -0.3 is 10.4 Å². The Balaban J connectivity index is 2.52. The van der Waals surface area contributed by atoms with Crippen LogP contribution in [-0.2, 0) is 4.79 Å². The highest BCUT2D eigenvalue weighted by Gasteiger charge is 2.41. The van der Waals surface area contributed by atoms with Crippen LogP contribution in [0.3, 0.4) is 0 Å². The third-order valence-corrected chi connectivity index (χ3v) is 3.47. The molecule has 1 aliphatic heterocycles. The number of hydrogen-bond acceptors (Lipinski definition) is 3. The zero-order chi connectivity index (χ0) is 9.90. The van der Waals surface area contributed by atoms with E-state index in [0.717, 1.165) is 18.7 Å². The maximum absolute atomic E-state index is 11.1. The molecule has 13 heavy (non-hydrogen) atoms. The molecule has 1 unspecified atom stereocenters. The Hall–Kier alpha value is -0.220. The maximum atomic E-state index is 11.1. The largest absolute Gasteiger partial charge is 0.480 e. The molecule has 0 aromatic rings. The first kappa shape index (κ1) is 10.9. The van der Waals surface area contributed by atoms with Crippen LogP contribution in [-0.4, -0.2) is 34.7 Å². The Morgan fingerprint density at radius 2 is 2.38 bits per heavy atom. The fraction of sp³-hybridized carbons (Fsp3) is 0.889. The summed E-state index contributed by atoms with van der Waals surface area (Å²) in [6.07, 6.45) is 0.750. The van der Waals surface area contributed by atoms with Gasteiger partial charge in [-0.1, -0.05) is 13.8 Å². The van der Waals surface area contributed by atoms with Gasteiger partial charge in [-0.25, -0.2) is 0 Å². The number of carbonyl (C=O) groups is 1. The van der Waals surface area contributed by atoms with E-state index >= 15 is 0 Å². The molecule has 0 amide bonds. The molecule has 76 valence electrons. The van der Waals surface area contributed by atoms with Crippen molar-refractivity contribution in [2.75, 3.05) is 18.1 Å². The van der Waals surface area contributed by atoms with E-state index in [0.29, 0.717) is 11.7 Å². The van der Waals surface area contributed by atoms with Crippen LogP contribution in [0.25, 0.3) is 0 Å².